The van der Waals surface area contributed by atoms with E-state index in [9.17, 15) is 0 Å². The van der Waals surface area contributed by atoms with E-state index in [-0.39, 0.29) is 6.10 Å². The molecule has 90 valence electrons. The summed E-state index contributed by atoms with van der Waals surface area (Å²) in [6.07, 6.45) is 0.135. The largest absolute Gasteiger partial charge is 0.490 e. The van der Waals surface area contributed by atoms with Crippen LogP contribution in [-0.2, 0) is 0 Å². The number of benzene rings is 1. The van der Waals surface area contributed by atoms with E-state index in [1.54, 1.807) is 0 Å². The molecular formula is C13H17N3O. The molecule has 0 bridgehead atoms. The predicted octanol–water partition coefficient (Wildman–Crippen LogP) is 2.75. The van der Waals surface area contributed by atoms with E-state index in [1.165, 1.54) is 0 Å². The second-order valence-corrected chi connectivity index (χ2v) is 4.32. The molecule has 0 aliphatic heterocycles. The maximum atomic E-state index is 5.80. The smallest absolute Gasteiger partial charge is 0.145 e. The van der Waals surface area contributed by atoms with Crippen molar-refractivity contribution in [1.82, 2.24) is 10.2 Å². The number of nitrogen functional groups attached to an aromatic ring is 1. The second-order valence-electron chi connectivity index (χ2n) is 4.32. The van der Waals surface area contributed by atoms with Crippen LogP contribution in [0.2, 0.25) is 0 Å². The van der Waals surface area contributed by atoms with E-state index in [4.69, 9.17) is 10.5 Å². The zero-order valence-electron chi connectivity index (χ0n) is 10.3. The summed E-state index contributed by atoms with van der Waals surface area (Å²) in [6, 6.07) is 7.80. The van der Waals surface area contributed by atoms with Crippen molar-refractivity contribution in [2.24, 2.45) is 0 Å². The van der Waals surface area contributed by atoms with Gasteiger partial charge in [0.2, 0.25) is 0 Å². The highest BCUT2D eigenvalue weighted by atomic mass is 16.5. The normalized spacial score (nSPS) is 10.8. The molecular weight excluding hydrogens is 214 g/mol. The molecule has 2 aromatic rings. The average Bonchev–Trinajstić information content (AvgIpc) is 2.64. The minimum atomic E-state index is 0.135. The fourth-order valence-corrected chi connectivity index (χ4v) is 1.80. The molecule has 1 aromatic heterocycles. The topological polar surface area (TPSA) is 63.9 Å². The number of aryl methyl sites for hydroxylation is 1. The van der Waals surface area contributed by atoms with E-state index < -0.39 is 0 Å². The van der Waals surface area contributed by atoms with Gasteiger partial charge < -0.3 is 10.5 Å². The van der Waals surface area contributed by atoms with Gasteiger partial charge in [0.25, 0.3) is 0 Å². The number of rotatable bonds is 3. The third kappa shape index (κ3) is 2.41. The Hall–Kier alpha value is -1.97. The van der Waals surface area contributed by atoms with Gasteiger partial charge >= 0.3 is 0 Å². The van der Waals surface area contributed by atoms with Gasteiger partial charge in [0.05, 0.1) is 11.8 Å². The maximum absolute atomic E-state index is 5.80. The van der Waals surface area contributed by atoms with Crippen molar-refractivity contribution in [2.75, 3.05) is 5.73 Å². The first kappa shape index (κ1) is 11.5. The first-order valence-corrected chi connectivity index (χ1v) is 5.65. The van der Waals surface area contributed by atoms with E-state index >= 15 is 0 Å². The Kier molecular flexibility index (Phi) is 3.04. The molecule has 0 saturated heterocycles. The Morgan fingerprint density at radius 1 is 1.35 bits per heavy atom. The second kappa shape index (κ2) is 4.49. The monoisotopic (exact) mass is 231 g/mol. The SMILES string of the molecule is Cc1cccc(OC(C)C)c1-c1cc(N)n[nH]1. The zero-order valence-corrected chi connectivity index (χ0v) is 10.3. The molecule has 0 fully saturated rings. The molecule has 0 saturated carbocycles. The van der Waals surface area contributed by atoms with Crippen LogP contribution in [-0.4, -0.2) is 16.3 Å². The highest BCUT2D eigenvalue weighted by Gasteiger charge is 2.12. The van der Waals surface area contributed by atoms with Gasteiger partial charge in [-0.1, -0.05) is 12.1 Å². The lowest BCUT2D eigenvalue weighted by Crippen LogP contribution is -2.07. The van der Waals surface area contributed by atoms with Crippen molar-refractivity contribution in [3.63, 3.8) is 0 Å². The summed E-state index contributed by atoms with van der Waals surface area (Å²) in [5.74, 6) is 1.34. The molecule has 0 spiro atoms. The number of anilines is 1. The minimum Gasteiger partial charge on any atom is -0.490 e. The number of ether oxygens (including phenoxy) is 1. The molecule has 4 nitrogen and oxygen atoms in total. The van der Waals surface area contributed by atoms with Crippen LogP contribution < -0.4 is 10.5 Å². The Bertz CT molecular complexity index is 517. The van der Waals surface area contributed by atoms with Gasteiger partial charge in [-0.3, -0.25) is 5.10 Å². The van der Waals surface area contributed by atoms with Crippen LogP contribution in [0, 0.1) is 6.92 Å². The lowest BCUT2D eigenvalue weighted by atomic mass is 10.0. The Labute approximate surface area is 101 Å². The van der Waals surface area contributed by atoms with Crippen molar-refractivity contribution >= 4 is 5.82 Å². The van der Waals surface area contributed by atoms with E-state index in [2.05, 4.69) is 10.2 Å². The van der Waals surface area contributed by atoms with Crippen molar-refractivity contribution < 1.29 is 4.74 Å². The van der Waals surface area contributed by atoms with Gasteiger partial charge in [0, 0.05) is 11.6 Å². The summed E-state index contributed by atoms with van der Waals surface area (Å²) in [5.41, 5.74) is 8.67. The molecule has 0 aliphatic rings. The van der Waals surface area contributed by atoms with Gasteiger partial charge in [-0.15, -0.1) is 0 Å². The maximum Gasteiger partial charge on any atom is 0.145 e. The number of nitrogens with zero attached hydrogens (tertiary/aromatic N) is 1. The highest BCUT2D eigenvalue weighted by Crippen LogP contribution is 2.33. The van der Waals surface area contributed by atoms with Crippen molar-refractivity contribution in [3.05, 3.63) is 29.8 Å². The zero-order chi connectivity index (χ0) is 12.4. The quantitative estimate of drug-likeness (QED) is 0.853. The van der Waals surface area contributed by atoms with E-state index in [1.807, 2.05) is 45.0 Å². The standard InChI is InChI=1S/C13H17N3O/c1-8(2)17-11-6-4-5-9(3)13(11)10-7-12(14)16-15-10/h4-8H,1-3H3,(H3,14,15,16). The summed E-state index contributed by atoms with van der Waals surface area (Å²) < 4.78 is 5.80. The third-order valence-electron chi connectivity index (χ3n) is 2.46. The molecule has 3 N–H and O–H groups in total. The van der Waals surface area contributed by atoms with Crippen LogP contribution >= 0.6 is 0 Å². The molecule has 17 heavy (non-hydrogen) atoms. The van der Waals surface area contributed by atoms with Crippen LogP contribution in [0.15, 0.2) is 24.3 Å². The number of nitrogens with two attached hydrogens (primary N) is 1. The Balaban J connectivity index is 2.50. The molecule has 1 aromatic carbocycles. The first-order valence-electron chi connectivity index (χ1n) is 5.65. The summed E-state index contributed by atoms with van der Waals surface area (Å²) >= 11 is 0. The molecule has 4 heteroatoms. The van der Waals surface area contributed by atoms with Crippen LogP contribution in [0.5, 0.6) is 5.75 Å². The van der Waals surface area contributed by atoms with Crippen LogP contribution in [0.25, 0.3) is 11.3 Å². The van der Waals surface area contributed by atoms with Gasteiger partial charge in [0.1, 0.15) is 11.6 Å². The number of nitrogens with one attached hydrogen (secondary N) is 1. The molecule has 0 amide bonds. The summed E-state index contributed by atoms with van der Waals surface area (Å²) in [7, 11) is 0. The molecule has 2 rings (SSSR count). The number of hydrogen-bond donors (Lipinski definition) is 2. The Morgan fingerprint density at radius 2 is 2.12 bits per heavy atom. The summed E-state index contributed by atoms with van der Waals surface area (Å²) in [4.78, 5) is 0. The van der Waals surface area contributed by atoms with Gasteiger partial charge in [0.15, 0.2) is 0 Å². The number of aromatic nitrogens is 2. The predicted molar refractivity (Wildman–Crippen MR) is 68.9 cm³/mol. The summed E-state index contributed by atoms with van der Waals surface area (Å²) in [5, 5.41) is 6.87. The fraction of sp³-hybridized carbons (Fsp3) is 0.308. The average molecular weight is 231 g/mol. The van der Waals surface area contributed by atoms with Crippen LogP contribution in [0.1, 0.15) is 19.4 Å². The number of hydrogen-bond acceptors (Lipinski definition) is 3. The first-order chi connectivity index (χ1) is 8.08. The third-order valence-corrected chi connectivity index (χ3v) is 2.46. The van der Waals surface area contributed by atoms with Crippen LogP contribution in [0.4, 0.5) is 5.82 Å². The number of aromatic amines is 1. The van der Waals surface area contributed by atoms with Crippen molar-refractivity contribution in [1.29, 1.82) is 0 Å². The van der Waals surface area contributed by atoms with E-state index in [0.717, 1.165) is 22.6 Å². The van der Waals surface area contributed by atoms with E-state index in [0.29, 0.717) is 5.82 Å². The highest BCUT2D eigenvalue weighted by molar-refractivity contribution is 5.72. The summed E-state index contributed by atoms with van der Waals surface area (Å²) in [6.45, 7) is 6.06. The van der Waals surface area contributed by atoms with Gasteiger partial charge in [-0.2, -0.15) is 5.10 Å². The van der Waals surface area contributed by atoms with Gasteiger partial charge in [-0.25, -0.2) is 0 Å². The minimum absolute atomic E-state index is 0.135. The molecule has 1 heterocycles. The molecule has 0 aliphatic carbocycles. The van der Waals surface area contributed by atoms with Crippen molar-refractivity contribution in [3.8, 4) is 17.0 Å². The molecule has 0 radical (unpaired) electrons. The Morgan fingerprint density at radius 3 is 2.71 bits per heavy atom. The lowest BCUT2D eigenvalue weighted by Gasteiger charge is -2.15. The number of H-pyrrole nitrogens is 1. The van der Waals surface area contributed by atoms with Crippen LogP contribution in [0.3, 0.4) is 0 Å². The molecule has 0 unspecified atom stereocenters. The lowest BCUT2D eigenvalue weighted by molar-refractivity contribution is 0.243. The van der Waals surface area contributed by atoms with Gasteiger partial charge in [-0.05, 0) is 32.4 Å². The van der Waals surface area contributed by atoms with Crippen molar-refractivity contribution in [2.45, 2.75) is 26.9 Å². The molecule has 0 atom stereocenters. The fourth-order valence-electron chi connectivity index (χ4n) is 1.80.